The number of hydrogen-bond acceptors (Lipinski definition) is 6. The van der Waals surface area contributed by atoms with Crippen LogP contribution >= 0.6 is 0 Å². The van der Waals surface area contributed by atoms with E-state index in [0.29, 0.717) is 19.6 Å². The van der Waals surface area contributed by atoms with Crippen LogP contribution in [-0.4, -0.2) is 34.6 Å². The molecule has 0 spiro atoms. The van der Waals surface area contributed by atoms with Crippen molar-refractivity contribution in [3.05, 3.63) is 94.1 Å². The molecule has 2 aromatic heterocycles. The number of aliphatic hydroxyl groups is 1. The highest BCUT2D eigenvalue weighted by atomic mass is 32.2. The molecule has 170 valence electrons. The van der Waals surface area contributed by atoms with Crippen LogP contribution in [0.3, 0.4) is 0 Å². The number of aliphatic hydroxyl groups excluding tert-OH is 1. The fraction of sp³-hybridized carbons (Fsp3) is 0.333. The largest absolute Gasteiger partial charge is 0.392 e. The molecule has 2 N–H and O–H groups in total. The molecule has 0 amide bonds. The Bertz CT molecular complexity index is 1120. The summed E-state index contributed by atoms with van der Waals surface area (Å²) < 4.78 is 25.3. The van der Waals surface area contributed by atoms with Gasteiger partial charge in [-0.3, -0.25) is 14.9 Å². The summed E-state index contributed by atoms with van der Waals surface area (Å²) in [5.41, 5.74) is 6.81. The van der Waals surface area contributed by atoms with E-state index in [1.807, 2.05) is 30.3 Å². The second kappa shape index (κ2) is 10.8. The molecule has 0 radical (unpaired) electrons. The summed E-state index contributed by atoms with van der Waals surface area (Å²) in [6.07, 6.45) is 4.73. The van der Waals surface area contributed by atoms with E-state index in [9.17, 15) is 13.5 Å². The molecule has 0 unspecified atom stereocenters. The van der Waals surface area contributed by atoms with Crippen molar-refractivity contribution in [2.75, 3.05) is 6.26 Å². The maximum absolute atomic E-state index is 11.4. The van der Waals surface area contributed by atoms with E-state index in [2.05, 4.69) is 45.6 Å². The number of nitrogens with one attached hydrogen (secondary N) is 1. The van der Waals surface area contributed by atoms with E-state index in [-0.39, 0.29) is 13.2 Å². The fourth-order valence-corrected chi connectivity index (χ4v) is 3.93. The van der Waals surface area contributed by atoms with E-state index < -0.39 is 10.0 Å². The molecule has 0 aliphatic heterocycles. The molecule has 0 atom stereocenters. The second-order valence-electron chi connectivity index (χ2n) is 8.03. The SMILES string of the molecule is Cc1cccnc1CN(Cc1ccc(CNS(C)(=O)=O)cc1CO)Cc1ncccc1C. The topological polar surface area (TPSA) is 95.4 Å². The predicted molar refractivity (Wildman–Crippen MR) is 125 cm³/mol. The zero-order valence-corrected chi connectivity index (χ0v) is 19.6. The summed E-state index contributed by atoms with van der Waals surface area (Å²) in [7, 11) is -3.28. The number of pyridine rings is 2. The number of rotatable bonds is 10. The van der Waals surface area contributed by atoms with Gasteiger partial charge in [0.2, 0.25) is 10.0 Å². The molecule has 0 aliphatic carbocycles. The molecule has 32 heavy (non-hydrogen) atoms. The van der Waals surface area contributed by atoms with Gasteiger partial charge in [-0.25, -0.2) is 13.1 Å². The molecule has 2 heterocycles. The third-order valence-corrected chi connectivity index (χ3v) is 6.02. The Morgan fingerprint density at radius 3 is 2.00 bits per heavy atom. The molecule has 0 saturated carbocycles. The first-order valence-electron chi connectivity index (χ1n) is 10.4. The van der Waals surface area contributed by atoms with Crippen molar-refractivity contribution in [3.8, 4) is 0 Å². The van der Waals surface area contributed by atoms with Gasteiger partial charge in [-0.1, -0.05) is 30.3 Å². The average Bonchev–Trinajstić information content (AvgIpc) is 2.75. The van der Waals surface area contributed by atoms with Gasteiger partial charge in [-0.15, -0.1) is 0 Å². The Kier molecular flexibility index (Phi) is 8.09. The van der Waals surface area contributed by atoms with Crippen molar-refractivity contribution in [1.29, 1.82) is 0 Å². The lowest BCUT2D eigenvalue weighted by molar-refractivity contribution is 0.234. The number of sulfonamides is 1. The molecule has 1 aromatic carbocycles. The molecule has 0 aliphatic rings. The quantitative estimate of drug-likeness (QED) is 0.489. The highest BCUT2D eigenvalue weighted by Crippen LogP contribution is 2.19. The molecule has 0 saturated heterocycles. The number of aromatic nitrogens is 2. The minimum absolute atomic E-state index is 0.124. The molecular formula is C24H30N4O3S. The summed E-state index contributed by atoms with van der Waals surface area (Å²) >= 11 is 0. The van der Waals surface area contributed by atoms with Crippen LogP contribution in [0.2, 0.25) is 0 Å². The van der Waals surface area contributed by atoms with Crippen LogP contribution in [0.1, 0.15) is 39.2 Å². The lowest BCUT2D eigenvalue weighted by atomic mass is 10.0. The Balaban J connectivity index is 1.86. The van der Waals surface area contributed by atoms with Gasteiger partial charge >= 0.3 is 0 Å². The van der Waals surface area contributed by atoms with Crippen LogP contribution in [0.5, 0.6) is 0 Å². The fourth-order valence-electron chi connectivity index (χ4n) is 3.51. The minimum atomic E-state index is -3.28. The predicted octanol–water partition coefficient (Wildman–Crippen LogP) is 2.84. The highest BCUT2D eigenvalue weighted by Gasteiger charge is 2.15. The monoisotopic (exact) mass is 454 g/mol. The van der Waals surface area contributed by atoms with Crippen molar-refractivity contribution in [1.82, 2.24) is 19.6 Å². The minimum Gasteiger partial charge on any atom is -0.392 e. The molecule has 7 nitrogen and oxygen atoms in total. The van der Waals surface area contributed by atoms with Gasteiger partial charge < -0.3 is 5.11 Å². The maximum Gasteiger partial charge on any atom is 0.209 e. The van der Waals surface area contributed by atoms with Crippen molar-refractivity contribution in [2.24, 2.45) is 0 Å². The number of aryl methyl sites for hydroxylation is 2. The summed E-state index contributed by atoms with van der Waals surface area (Å²) in [6, 6.07) is 13.7. The molecule has 3 rings (SSSR count). The Hall–Kier alpha value is -2.65. The zero-order valence-electron chi connectivity index (χ0n) is 18.7. The van der Waals surface area contributed by atoms with Crippen LogP contribution in [-0.2, 0) is 42.8 Å². The van der Waals surface area contributed by atoms with Gasteiger partial charge in [-0.05, 0) is 53.8 Å². The Morgan fingerprint density at radius 1 is 0.906 bits per heavy atom. The van der Waals surface area contributed by atoms with E-state index in [1.54, 1.807) is 12.4 Å². The number of hydrogen-bond donors (Lipinski definition) is 2. The van der Waals surface area contributed by atoms with Gasteiger partial charge in [-0.2, -0.15) is 0 Å². The van der Waals surface area contributed by atoms with Crippen LogP contribution in [0.15, 0.2) is 54.9 Å². The van der Waals surface area contributed by atoms with Crippen LogP contribution in [0, 0.1) is 13.8 Å². The normalized spacial score (nSPS) is 11.8. The first-order valence-corrected chi connectivity index (χ1v) is 12.3. The van der Waals surface area contributed by atoms with Crippen LogP contribution in [0.4, 0.5) is 0 Å². The van der Waals surface area contributed by atoms with Gasteiger partial charge in [0.15, 0.2) is 0 Å². The third kappa shape index (κ3) is 6.93. The van der Waals surface area contributed by atoms with Crippen molar-refractivity contribution >= 4 is 10.0 Å². The van der Waals surface area contributed by atoms with E-state index >= 15 is 0 Å². The van der Waals surface area contributed by atoms with Crippen molar-refractivity contribution in [2.45, 2.75) is 46.6 Å². The van der Waals surface area contributed by atoms with Crippen molar-refractivity contribution < 1.29 is 13.5 Å². The number of benzene rings is 1. The second-order valence-corrected chi connectivity index (χ2v) is 9.87. The lowest BCUT2D eigenvalue weighted by Crippen LogP contribution is -2.25. The smallest absolute Gasteiger partial charge is 0.209 e. The van der Waals surface area contributed by atoms with Gasteiger partial charge in [0.05, 0.1) is 24.3 Å². The lowest BCUT2D eigenvalue weighted by Gasteiger charge is -2.24. The van der Waals surface area contributed by atoms with Gasteiger partial charge in [0, 0.05) is 38.6 Å². The molecule has 8 heteroatoms. The van der Waals surface area contributed by atoms with E-state index in [4.69, 9.17) is 0 Å². The number of nitrogens with zero attached hydrogens (tertiary/aromatic N) is 3. The molecule has 3 aromatic rings. The first kappa shape index (κ1) is 24.0. The zero-order chi connectivity index (χ0) is 23.1. The van der Waals surface area contributed by atoms with Crippen molar-refractivity contribution in [3.63, 3.8) is 0 Å². The van der Waals surface area contributed by atoms with E-state index in [1.165, 1.54) is 0 Å². The standard InChI is InChI=1S/C24H30N4O3S/c1-18-6-4-10-25-23(18)15-28(16-24-19(2)7-5-11-26-24)14-21-9-8-20(12-22(21)17-29)13-27-32(3,30)31/h4-12,27,29H,13-17H2,1-3H3. The van der Waals surface area contributed by atoms with Crippen LogP contribution in [0.25, 0.3) is 0 Å². The highest BCUT2D eigenvalue weighted by molar-refractivity contribution is 7.88. The summed E-state index contributed by atoms with van der Waals surface area (Å²) in [6.45, 7) is 6.05. The summed E-state index contributed by atoms with van der Waals surface area (Å²) in [5.74, 6) is 0. The molecule has 0 fully saturated rings. The third-order valence-electron chi connectivity index (χ3n) is 5.36. The van der Waals surface area contributed by atoms with E-state index in [0.717, 1.165) is 45.5 Å². The Labute approximate surface area is 190 Å². The maximum atomic E-state index is 11.4. The molecule has 0 bridgehead atoms. The van der Waals surface area contributed by atoms with Gasteiger partial charge in [0.1, 0.15) is 0 Å². The summed E-state index contributed by atoms with van der Waals surface area (Å²) in [4.78, 5) is 11.4. The Morgan fingerprint density at radius 2 is 1.50 bits per heavy atom. The first-order chi connectivity index (χ1) is 15.2. The average molecular weight is 455 g/mol. The van der Waals surface area contributed by atoms with Crippen LogP contribution < -0.4 is 4.72 Å². The molecular weight excluding hydrogens is 424 g/mol. The van der Waals surface area contributed by atoms with Gasteiger partial charge in [0.25, 0.3) is 0 Å². The summed E-state index contributed by atoms with van der Waals surface area (Å²) in [5, 5.41) is 9.97.